The van der Waals surface area contributed by atoms with E-state index in [0.29, 0.717) is 0 Å². The molecule has 0 radical (unpaired) electrons. The van der Waals surface area contributed by atoms with Gasteiger partial charge in [-0.15, -0.1) is 5.11 Å². The van der Waals surface area contributed by atoms with E-state index in [-0.39, 0.29) is 26.2 Å². The molecule has 0 aliphatic rings. The summed E-state index contributed by atoms with van der Waals surface area (Å²) in [5.41, 5.74) is 0. The van der Waals surface area contributed by atoms with Crippen LogP contribution in [-0.4, -0.2) is 163 Å². The number of azo groups is 1. The zero-order chi connectivity index (χ0) is 25.7. The lowest BCUT2D eigenvalue weighted by Gasteiger charge is -2.25. The molecule has 8 atom stereocenters. The number of carbonyl (C=O) groups is 2. The molecule has 16 heteroatoms. The highest BCUT2D eigenvalue weighted by Crippen LogP contribution is 2.07. The molecule has 11 N–H and O–H groups in total. The molecule has 0 aliphatic carbocycles. The highest BCUT2D eigenvalue weighted by Gasteiger charge is 2.35. The average molecular weight is 486 g/mol. The van der Waals surface area contributed by atoms with E-state index in [0.717, 1.165) is 0 Å². The van der Waals surface area contributed by atoms with Crippen molar-refractivity contribution in [2.45, 2.75) is 48.8 Å². The minimum atomic E-state index is -2.17. The molecule has 8 unspecified atom stereocenters. The molecule has 2 amide bonds. The van der Waals surface area contributed by atoms with Gasteiger partial charge in [0.2, 0.25) is 0 Å². The zero-order valence-corrected chi connectivity index (χ0v) is 18.0. The first kappa shape index (κ1) is 31.3. The van der Waals surface area contributed by atoms with Gasteiger partial charge in [-0.05, 0) is 7.05 Å². The number of amides is 2. The van der Waals surface area contributed by atoms with Crippen molar-refractivity contribution >= 4 is 11.8 Å². The third-order valence-corrected chi connectivity index (χ3v) is 4.57. The quantitative estimate of drug-likeness (QED) is 0.0906. The van der Waals surface area contributed by atoms with E-state index in [1.54, 1.807) is 11.9 Å². The lowest BCUT2D eigenvalue weighted by molar-refractivity contribution is -0.149. The van der Waals surface area contributed by atoms with Crippen molar-refractivity contribution in [2.24, 2.45) is 10.2 Å². The van der Waals surface area contributed by atoms with Gasteiger partial charge in [-0.1, -0.05) is 0 Å². The fourth-order valence-electron chi connectivity index (χ4n) is 2.33. The molecule has 0 aromatic carbocycles. The molecular weight excluding hydrogens is 452 g/mol. The second kappa shape index (κ2) is 16.0. The standard InChI is InChI=1S/C17H34N4O12/c1-21(4-2-18-16(32)14(30)12(28)10(26)8(24)6-22)5-3-19-20-17(33)15(31)13(29)11(27)9(25)7-23/h8-15,22-31H,2-7H2,1H3,(H,18,32). The highest BCUT2D eigenvalue weighted by atomic mass is 16.4. The summed E-state index contributed by atoms with van der Waals surface area (Å²) in [4.78, 5) is 25.1. The Morgan fingerprint density at radius 1 is 0.788 bits per heavy atom. The molecule has 0 aromatic heterocycles. The number of nitrogens with one attached hydrogen (secondary N) is 1. The number of likely N-dealkylation sites (N-methyl/N-ethyl adjacent to an activating group) is 1. The molecule has 0 saturated heterocycles. The second-order valence-electron chi connectivity index (χ2n) is 7.25. The van der Waals surface area contributed by atoms with Gasteiger partial charge in [0.25, 0.3) is 11.8 Å². The molecule has 194 valence electrons. The maximum Gasteiger partial charge on any atom is 0.295 e. The molecule has 33 heavy (non-hydrogen) atoms. The number of nitrogens with zero attached hydrogens (tertiary/aromatic N) is 3. The molecule has 0 fully saturated rings. The average Bonchev–Trinajstić information content (AvgIpc) is 2.82. The largest absolute Gasteiger partial charge is 0.394 e. The molecule has 0 bridgehead atoms. The van der Waals surface area contributed by atoms with Crippen LogP contribution in [0, 0.1) is 0 Å². The van der Waals surface area contributed by atoms with Crippen LogP contribution in [-0.2, 0) is 9.59 Å². The lowest BCUT2D eigenvalue weighted by Crippen LogP contribution is -2.52. The van der Waals surface area contributed by atoms with E-state index >= 15 is 0 Å². The Balaban J connectivity index is 4.32. The third kappa shape index (κ3) is 10.8. The predicted octanol–water partition coefficient (Wildman–Crippen LogP) is -7.11. The molecule has 0 aromatic rings. The SMILES string of the molecule is CN(CCN=NC(=O)C(O)C(O)C(O)C(O)CO)CCNC(=O)C(O)C(O)C(O)C(O)CO. The number of hydrogen-bond donors (Lipinski definition) is 11. The van der Waals surface area contributed by atoms with Crippen molar-refractivity contribution in [1.82, 2.24) is 10.2 Å². The van der Waals surface area contributed by atoms with Crippen LogP contribution in [0.15, 0.2) is 10.2 Å². The van der Waals surface area contributed by atoms with E-state index < -0.39 is 73.9 Å². The number of aliphatic hydroxyl groups is 10. The minimum Gasteiger partial charge on any atom is -0.394 e. The van der Waals surface area contributed by atoms with Crippen LogP contribution in [0.4, 0.5) is 0 Å². The van der Waals surface area contributed by atoms with Gasteiger partial charge in [0.05, 0.1) is 19.8 Å². The van der Waals surface area contributed by atoms with Crippen LogP contribution in [0.3, 0.4) is 0 Å². The highest BCUT2D eigenvalue weighted by molar-refractivity contribution is 5.81. The zero-order valence-electron chi connectivity index (χ0n) is 18.0. The van der Waals surface area contributed by atoms with Gasteiger partial charge >= 0.3 is 0 Å². The van der Waals surface area contributed by atoms with Crippen LogP contribution >= 0.6 is 0 Å². The molecule has 0 spiro atoms. The Hall–Kier alpha value is -1.70. The number of aliphatic hydroxyl groups excluding tert-OH is 10. The van der Waals surface area contributed by atoms with E-state index in [9.17, 15) is 50.4 Å². The molecule has 16 nitrogen and oxygen atoms in total. The summed E-state index contributed by atoms with van der Waals surface area (Å²) in [7, 11) is 1.61. The second-order valence-corrected chi connectivity index (χ2v) is 7.25. The van der Waals surface area contributed by atoms with Crippen LogP contribution < -0.4 is 5.32 Å². The first-order valence-electron chi connectivity index (χ1n) is 9.92. The summed E-state index contributed by atoms with van der Waals surface area (Å²) >= 11 is 0. The van der Waals surface area contributed by atoms with Gasteiger partial charge in [-0.25, -0.2) is 0 Å². The fraction of sp³-hybridized carbons (Fsp3) is 0.882. The predicted molar refractivity (Wildman–Crippen MR) is 107 cm³/mol. The van der Waals surface area contributed by atoms with Crippen molar-refractivity contribution in [3.05, 3.63) is 0 Å². The summed E-state index contributed by atoms with van der Waals surface area (Å²) in [6.45, 7) is -1.36. The van der Waals surface area contributed by atoms with Gasteiger partial charge in [-0.2, -0.15) is 5.11 Å². The van der Waals surface area contributed by atoms with E-state index in [1.807, 2.05) is 0 Å². The third-order valence-electron chi connectivity index (χ3n) is 4.57. The van der Waals surface area contributed by atoms with Crippen molar-refractivity contribution in [3.8, 4) is 0 Å². The monoisotopic (exact) mass is 486 g/mol. The minimum absolute atomic E-state index is 0.00378. The normalized spacial score (nSPS) is 19.5. The van der Waals surface area contributed by atoms with Gasteiger partial charge in [0.1, 0.15) is 36.6 Å². The first-order valence-corrected chi connectivity index (χ1v) is 9.92. The Bertz CT molecular complexity index is 613. The van der Waals surface area contributed by atoms with Crippen molar-refractivity contribution in [1.29, 1.82) is 0 Å². The summed E-state index contributed by atoms with van der Waals surface area (Å²) in [5.74, 6) is -2.30. The fourth-order valence-corrected chi connectivity index (χ4v) is 2.33. The number of carbonyl (C=O) groups excluding carboxylic acids is 2. The first-order chi connectivity index (χ1) is 15.4. The molecular formula is C17H34N4O12. The summed E-state index contributed by atoms with van der Waals surface area (Å²) in [6, 6.07) is 0. The van der Waals surface area contributed by atoms with Crippen LogP contribution in [0.25, 0.3) is 0 Å². The Morgan fingerprint density at radius 2 is 1.27 bits per heavy atom. The van der Waals surface area contributed by atoms with Gasteiger partial charge < -0.3 is 61.3 Å². The maximum atomic E-state index is 11.8. The van der Waals surface area contributed by atoms with E-state index in [1.165, 1.54) is 0 Å². The Labute approximate surface area is 189 Å². The topological polar surface area (TPSA) is 276 Å². The smallest absolute Gasteiger partial charge is 0.295 e. The maximum absolute atomic E-state index is 11.8. The van der Waals surface area contributed by atoms with Crippen molar-refractivity contribution in [3.63, 3.8) is 0 Å². The van der Waals surface area contributed by atoms with Gasteiger partial charge in [-0.3, -0.25) is 9.59 Å². The van der Waals surface area contributed by atoms with Crippen molar-refractivity contribution < 1.29 is 60.7 Å². The summed E-state index contributed by atoms with van der Waals surface area (Å²) < 4.78 is 0. The van der Waals surface area contributed by atoms with Gasteiger partial charge in [0, 0.05) is 19.6 Å². The molecule has 0 rings (SSSR count). The Kier molecular flexibility index (Phi) is 15.2. The summed E-state index contributed by atoms with van der Waals surface area (Å²) in [5, 5.41) is 102. The van der Waals surface area contributed by atoms with Crippen LogP contribution in [0.1, 0.15) is 0 Å². The van der Waals surface area contributed by atoms with E-state index in [2.05, 4.69) is 15.5 Å². The Morgan fingerprint density at radius 3 is 1.76 bits per heavy atom. The van der Waals surface area contributed by atoms with E-state index in [4.69, 9.17) is 10.2 Å². The lowest BCUT2D eigenvalue weighted by atomic mass is 10.0. The van der Waals surface area contributed by atoms with Crippen molar-refractivity contribution in [2.75, 3.05) is 46.4 Å². The number of rotatable bonds is 16. The summed E-state index contributed by atoms with van der Waals surface area (Å²) in [6.07, 6.45) is -15.8. The van der Waals surface area contributed by atoms with Crippen LogP contribution in [0.2, 0.25) is 0 Å². The molecule has 0 heterocycles. The molecule has 0 saturated carbocycles. The number of hydrogen-bond acceptors (Lipinski definition) is 14. The molecule has 0 aliphatic heterocycles. The van der Waals surface area contributed by atoms with Crippen LogP contribution in [0.5, 0.6) is 0 Å². The van der Waals surface area contributed by atoms with Gasteiger partial charge in [0.15, 0.2) is 12.2 Å².